The third kappa shape index (κ3) is 3.43. The second-order valence-corrected chi connectivity index (χ2v) is 9.24. The molecule has 0 bridgehead atoms. The first-order chi connectivity index (χ1) is 14.7. The molecule has 2 aliphatic carbocycles. The van der Waals surface area contributed by atoms with Crippen LogP contribution in [0.25, 0.3) is 0 Å². The molecule has 0 saturated carbocycles. The normalized spacial score (nSPS) is 22.4. The molecule has 4 N–H and O–H groups in total. The van der Waals surface area contributed by atoms with Crippen LogP contribution in [-0.2, 0) is 31.1 Å². The van der Waals surface area contributed by atoms with Gasteiger partial charge < -0.3 is 20.8 Å². The Morgan fingerprint density at radius 3 is 2.70 bits per heavy atom. The van der Waals surface area contributed by atoms with Crippen LogP contribution in [0.5, 0.6) is 5.75 Å². The Balaban J connectivity index is 1.42. The third-order valence-electron chi connectivity index (χ3n) is 7.54. The van der Waals surface area contributed by atoms with Crippen molar-refractivity contribution in [1.29, 1.82) is 0 Å². The molecule has 1 aromatic heterocycles. The summed E-state index contributed by atoms with van der Waals surface area (Å²) >= 11 is 0. The van der Waals surface area contributed by atoms with E-state index in [0.717, 1.165) is 75.0 Å². The Hall–Kier alpha value is -2.27. The molecule has 1 spiro atoms. The fourth-order valence-corrected chi connectivity index (χ4v) is 5.93. The molecule has 30 heavy (non-hydrogen) atoms. The van der Waals surface area contributed by atoms with Gasteiger partial charge in [0.15, 0.2) is 0 Å². The number of pyridine rings is 1. The van der Waals surface area contributed by atoms with Gasteiger partial charge >= 0.3 is 0 Å². The lowest BCUT2D eigenvalue weighted by Crippen LogP contribution is -2.32. The summed E-state index contributed by atoms with van der Waals surface area (Å²) in [5.41, 5.74) is 12.7. The van der Waals surface area contributed by atoms with Crippen molar-refractivity contribution in [3.05, 3.63) is 56.4 Å². The topological polar surface area (TPSA) is 80.1 Å². The summed E-state index contributed by atoms with van der Waals surface area (Å²) in [6, 6.07) is 6.70. The number of fused-ring (bicyclic) bond motifs is 5. The van der Waals surface area contributed by atoms with Crippen LogP contribution < -0.4 is 21.3 Å². The van der Waals surface area contributed by atoms with E-state index in [-0.39, 0.29) is 11.0 Å². The van der Waals surface area contributed by atoms with Crippen molar-refractivity contribution in [2.45, 2.75) is 69.6 Å². The van der Waals surface area contributed by atoms with Gasteiger partial charge in [0, 0.05) is 12.1 Å². The van der Waals surface area contributed by atoms with Crippen molar-refractivity contribution in [3.8, 4) is 5.75 Å². The molecule has 0 saturated heterocycles. The first kappa shape index (κ1) is 19.7. The maximum Gasteiger partial charge on any atom is 0.252 e. The maximum atomic E-state index is 12.6. The molecule has 160 valence electrons. The van der Waals surface area contributed by atoms with Gasteiger partial charge in [-0.15, -0.1) is 0 Å². The standard InChI is InChI=1S/C25H33N3O2/c26-13-3-15-30-18-6-7-22-17(16-18)8-10-25(22)11-9-20-19-4-1-2-5-21(19)24(29)28-23(20)27-14-12-25/h6-7,16H,1-5,8-15,26H2,(H2,27,28,29). The molecule has 1 unspecified atom stereocenters. The van der Waals surface area contributed by atoms with E-state index < -0.39 is 0 Å². The second kappa shape index (κ2) is 8.10. The predicted octanol–water partition coefficient (Wildman–Crippen LogP) is 3.61. The van der Waals surface area contributed by atoms with Crippen LogP contribution in [0, 0.1) is 0 Å². The zero-order valence-corrected chi connectivity index (χ0v) is 17.8. The van der Waals surface area contributed by atoms with Crippen molar-refractivity contribution in [2.75, 3.05) is 25.0 Å². The van der Waals surface area contributed by atoms with E-state index in [2.05, 4.69) is 28.5 Å². The minimum atomic E-state index is 0.125. The summed E-state index contributed by atoms with van der Waals surface area (Å²) in [5.74, 6) is 1.96. The van der Waals surface area contributed by atoms with Crippen molar-refractivity contribution < 1.29 is 4.74 Å². The Bertz CT molecular complexity index is 997. The lowest BCUT2D eigenvalue weighted by atomic mass is 9.73. The highest BCUT2D eigenvalue weighted by atomic mass is 16.5. The van der Waals surface area contributed by atoms with Crippen LogP contribution in [0.3, 0.4) is 0 Å². The highest BCUT2D eigenvalue weighted by Gasteiger charge is 2.39. The minimum absolute atomic E-state index is 0.125. The minimum Gasteiger partial charge on any atom is -0.494 e. The quantitative estimate of drug-likeness (QED) is 0.677. The smallest absolute Gasteiger partial charge is 0.252 e. The van der Waals surface area contributed by atoms with E-state index in [1.54, 1.807) is 0 Å². The number of hydrogen-bond donors (Lipinski definition) is 3. The first-order valence-corrected chi connectivity index (χ1v) is 11.7. The van der Waals surface area contributed by atoms with E-state index in [9.17, 15) is 4.79 Å². The van der Waals surface area contributed by atoms with E-state index >= 15 is 0 Å². The highest BCUT2D eigenvalue weighted by Crippen LogP contribution is 2.47. The summed E-state index contributed by atoms with van der Waals surface area (Å²) in [5, 5.41) is 3.59. The summed E-state index contributed by atoms with van der Waals surface area (Å²) in [6.07, 6.45) is 10.8. The number of rotatable bonds is 4. The Labute approximate surface area is 178 Å². The lowest BCUT2D eigenvalue weighted by Gasteiger charge is -2.34. The van der Waals surface area contributed by atoms with Gasteiger partial charge in [0.2, 0.25) is 0 Å². The van der Waals surface area contributed by atoms with Gasteiger partial charge in [-0.3, -0.25) is 4.79 Å². The van der Waals surface area contributed by atoms with Gasteiger partial charge in [-0.1, -0.05) is 6.07 Å². The maximum absolute atomic E-state index is 12.6. The molecule has 0 radical (unpaired) electrons. The molecule has 2 aromatic rings. The number of nitrogens with two attached hydrogens (primary N) is 1. The number of anilines is 1. The summed E-state index contributed by atoms with van der Waals surface area (Å²) in [7, 11) is 0. The van der Waals surface area contributed by atoms with E-state index in [0.29, 0.717) is 13.2 Å². The lowest BCUT2D eigenvalue weighted by molar-refractivity contribution is 0.313. The summed E-state index contributed by atoms with van der Waals surface area (Å²) in [4.78, 5) is 15.7. The molecule has 5 heteroatoms. The second-order valence-electron chi connectivity index (χ2n) is 9.24. The fraction of sp³-hybridized carbons (Fsp3) is 0.560. The van der Waals surface area contributed by atoms with E-state index in [4.69, 9.17) is 10.5 Å². The highest BCUT2D eigenvalue weighted by molar-refractivity contribution is 5.53. The number of ether oxygens (including phenoxy) is 1. The molecule has 3 aliphatic rings. The van der Waals surface area contributed by atoms with Gasteiger partial charge in [0.05, 0.1) is 6.61 Å². The van der Waals surface area contributed by atoms with E-state index in [1.165, 1.54) is 35.1 Å². The van der Waals surface area contributed by atoms with Crippen LogP contribution >= 0.6 is 0 Å². The molecule has 0 fully saturated rings. The third-order valence-corrected chi connectivity index (χ3v) is 7.54. The van der Waals surface area contributed by atoms with Gasteiger partial charge in [0.25, 0.3) is 5.56 Å². The van der Waals surface area contributed by atoms with Crippen LogP contribution in [0.2, 0.25) is 0 Å². The Kier molecular flexibility index (Phi) is 5.32. The molecule has 5 nitrogen and oxygen atoms in total. The predicted molar refractivity (Wildman–Crippen MR) is 121 cm³/mol. The van der Waals surface area contributed by atoms with Crippen LogP contribution in [0.15, 0.2) is 23.0 Å². The average molecular weight is 408 g/mol. The molecular formula is C25H33N3O2. The first-order valence-electron chi connectivity index (χ1n) is 11.7. The molecule has 0 amide bonds. The van der Waals surface area contributed by atoms with Gasteiger partial charge in [-0.2, -0.15) is 0 Å². The molecule has 1 atom stereocenters. The van der Waals surface area contributed by atoms with Gasteiger partial charge in [0.1, 0.15) is 11.6 Å². The molecule has 1 aliphatic heterocycles. The molecule has 5 rings (SSSR count). The number of aromatic nitrogens is 1. The van der Waals surface area contributed by atoms with Crippen molar-refractivity contribution in [1.82, 2.24) is 4.98 Å². The number of nitrogens with one attached hydrogen (secondary N) is 2. The summed E-state index contributed by atoms with van der Waals surface area (Å²) in [6.45, 7) is 2.25. The van der Waals surface area contributed by atoms with Gasteiger partial charge in [-0.05, 0) is 111 Å². The molecular weight excluding hydrogens is 374 g/mol. The van der Waals surface area contributed by atoms with Crippen LogP contribution in [-0.4, -0.2) is 24.7 Å². The Morgan fingerprint density at radius 1 is 1.00 bits per heavy atom. The number of aromatic amines is 1. The van der Waals surface area contributed by atoms with Crippen molar-refractivity contribution in [2.24, 2.45) is 5.73 Å². The largest absolute Gasteiger partial charge is 0.494 e. The number of H-pyrrole nitrogens is 1. The van der Waals surface area contributed by atoms with Crippen molar-refractivity contribution in [3.63, 3.8) is 0 Å². The van der Waals surface area contributed by atoms with Crippen molar-refractivity contribution >= 4 is 5.82 Å². The van der Waals surface area contributed by atoms with Gasteiger partial charge in [-0.25, -0.2) is 0 Å². The zero-order valence-electron chi connectivity index (χ0n) is 17.8. The number of benzene rings is 1. The Morgan fingerprint density at radius 2 is 1.83 bits per heavy atom. The van der Waals surface area contributed by atoms with Crippen LogP contribution in [0.4, 0.5) is 5.82 Å². The average Bonchev–Trinajstić information content (AvgIpc) is 3.11. The molecule has 1 aromatic carbocycles. The van der Waals surface area contributed by atoms with E-state index in [1.807, 2.05) is 0 Å². The fourth-order valence-electron chi connectivity index (χ4n) is 5.93. The van der Waals surface area contributed by atoms with Crippen LogP contribution in [0.1, 0.15) is 66.3 Å². The SMILES string of the molecule is NCCCOc1ccc2c(c1)CCC21CCNc2[nH]c(=O)c3c(c2CC1)CCCC3. The number of aryl methyl sites for hydroxylation is 1. The number of hydrogen-bond acceptors (Lipinski definition) is 4. The summed E-state index contributed by atoms with van der Waals surface area (Å²) < 4.78 is 5.89. The zero-order chi connectivity index (χ0) is 20.6. The monoisotopic (exact) mass is 407 g/mol. The molecule has 2 heterocycles.